The molecule has 24 heavy (non-hydrogen) atoms. The van der Waals surface area contributed by atoms with Gasteiger partial charge in [-0.2, -0.15) is 0 Å². The van der Waals surface area contributed by atoms with Crippen LogP contribution in [0.1, 0.15) is 23.2 Å². The van der Waals surface area contributed by atoms with Crippen molar-refractivity contribution in [1.82, 2.24) is 15.1 Å². The van der Waals surface area contributed by atoms with Gasteiger partial charge < -0.3 is 24.5 Å². The summed E-state index contributed by atoms with van der Waals surface area (Å²) in [7, 11) is 0. The van der Waals surface area contributed by atoms with E-state index < -0.39 is 18.0 Å². The molecule has 0 saturated carbocycles. The summed E-state index contributed by atoms with van der Waals surface area (Å²) in [6.45, 7) is 3.10. The summed E-state index contributed by atoms with van der Waals surface area (Å²) >= 11 is 0. The van der Waals surface area contributed by atoms with E-state index in [1.807, 2.05) is 0 Å². The Labute approximate surface area is 135 Å². The maximum absolute atomic E-state index is 12.1. The van der Waals surface area contributed by atoms with Crippen LogP contribution in [-0.4, -0.2) is 33.1 Å². The van der Waals surface area contributed by atoms with Crippen molar-refractivity contribution in [2.24, 2.45) is 0 Å². The Morgan fingerprint density at radius 2 is 2.00 bits per heavy atom. The molecular formula is C15H14N4O5. The zero-order valence-corrected chi connectivity index (χ0v) is 12.9. The molecule has 3 rings (SSSR count). The highest BCUT2D eigenvalue weighted by atomic mass is 16.6. The number of rotatable bonds is 4. The fraction of sp³-hybridized carbons (Fsp3) is 0.200. The first-order valence-corrected chi connectivity index (χ1v) is 7.09. The average molecular weight is 330 g/mol. The molecule has 0 aliphatic rings. The maximum atomic E-state index is 12.1. The number of carbonyl (C=O) groups excluding carboxylic acids is 2. The number of anilines is 1. The minimum Gasteiger partial charge on any atom is -0.447 e. The number of imidazole rings is 1. The molecule has 2 aromatic heterocycles. The van der Waals surface area contributed by atoms with Crippen LogP contribution in [0, 0.1) is 6.92 Å². The van der Waals surface area contributed by atoms with Crippen LogP contribution >= 0.6 is 0 Å². The van der Waals surface area contributed by atoms with Crippen molar-refractivity contribution in [1.29, 1.82) is 0 Å². The molecule has 0 aliphatic carbocycles. The number of benzene rings is 1. The molecule has 9 heteroatoms. The SMILES string of the molecule is Cc1cc(C(=O)O[C@@H](C)C(=O)Nc2ccc3[nH]c(=O)[nH]c3c2)on1. The normalized spacial score (nSPS) is 12.1. The molecule has 0 unspecified atom stereocenters. The third-order valence-electron chi connectivity index (χ3n) is 3.27. The van der Waals surface area contributed by atoms with Crippen molar-refractivity contribution >= 4 is 28.6 Å². The number of nitrogens with one attached hydrogen (secondary N) is 3. The molecule has 0 saturated heterocycles. The van der Waals surface area contributed by atoms with Gasteiger partial charge in [0.1, 0.15) is 0 Å². The van der Waals surface area contributed by atoms with Crippen molar-refractivity contribution in [2.45, 2.75) is 20.0 Å². The summed E-state index contributed by atoms with van der Waals surface area (Å²) < 4.78 is 9.81. The van der Waals surface area contributed by atoms with E-state index in [9.17, 15) is 14.4 Å². The number of H-pyrrole nitrogens is 2. The number of amides is 1. The number of aromatic amines is 2. The largest absolute Gasteiger partial charge is 0.447 e. The summed E-state index contributed by atoms with van der Waals surface area (Å²) in [6.07, 6.45) is -1.04. The van der Waals surface area contributed by atoms with E-state index in [0.717, 1.165) is 0 Å². The lowest BCUT2D eigenvalue weighted by Crippen LogP contribution is -2.29. The van der Waals surface area contributed by atoms with Crippen LogP contribution in [0.4, 0.5) is 5.69 Å². The van der Waals surface area contributed by atoms with Crippen LogP contribution in [0.2, 0.25) is 0 Å². The van der Waals surface area contributed by atoms with Crippen LogP contribution < -0.4 is 11.0 Å². The summed E-state index contributed by atoms with van der Waals surface area (Å²) in [5.41, 5.74) is 1.84. The third kappa shape index (κ3) is 3.19. The molecule has 0 aliphatic heterocycles. The second-order valence-electron chi connectivity index (χ2n) is 5.21. The highest BCUT2D eigenvalue weighted by Gasteiger charge is 2.21. The number of hydrogen-bond donors (Lipinski definition) is 3. The first-order valence-electron chi connectivity index (χ1n) is 7.09. The van der Waals surface area contributed by atoms with Crippen molar-refractivity contribution < 1.29 is 18.8 Å². The Morgan fingerprint density at radius 3 is 2.71 bits per heavy atom. The summed E-state index contributed by atoms with van der Waals surface area (Å²) in [5.74, 6) is -1.36. The zero-order valence-electron chi connectivity index (χ0n) is 12.9. The summed E-state index contributed by atoms with van der Waals surface area (Å²) in [6, 6.07) is 6.29. The summed E-state index contributed by atoms with van der Waals surface area (Å²) in [4.78, 5) is 40.3. The quantitative estimate of drug-likeness (QED) is 0.619. The van der Waals surface area contributed by atoms with Gasteiger partial charge in [0.05, 0.1) is 16.7 Å². The Morgan fingerprint density at radius 1 is 1.25 bits per heavy atom. The van der Waals surface area contributed by atoms with E-state index in [0.29, 0.717) is 22.4 Å². The predicted molar refractivity (Wildman–Crippen MR) is 83.7 cm³/mol. The highest BCUT2D eigenvalue weighted by Crippen LogP contribution is 2.15. The minimum absolute atomic E-state index is 0.0709. The van der Waals surface area contributed by atoms with Gasteiger partial charge in [-0.05, 0) is 32.0 Å². The number of hydrogen-bond acceptors (Lipinski definition) is 6. The minimum atomic E-state index is -1.04. The van der Waals surface area contributed by atoms with Gasteiger partial charge in [-0.1, -0.05) is 5.16 Å². The molecule has 2 heterocycles. The molecular weight excluding hydrogens is 316 g/mol. The average Bonchev–Trinajstić information content (AvgIpc) is 3.11. The lowest BCUT2D eigenvalue weighted by molar-refractivity contribution is -0.123. The monoisotopic (exact) mass is 330 g/mol. The second-order valence-corrected chi connectivity index (χ2v) is 5.21. The summed E-state index contributed by atoms with van der Waals surface area (Å²) in [5, 5.41) is 6.19. The van der Waals surface area contributed by atoms with E-state index in [4.69, 9.17) is 9.26 Å². The van der Waals surface area contributed by atoms with E-state index in [1.54, 1.807) is 25.1 Å². The Balaban J connectivity index is 1.66. The lowest BCUT2D eigenvalue weighted by Gasteiger charge is -2.12. The van der Waals surface area contributed by atoms with Gasteiger partial charge in [0, 0.05) is 11.8 Å². The molecule has 3 N–H and O–H groups in total. The molecule has 1 amide bonds. The van der Waals surface area contributed by atoms with Gasteiger partial charge in [0.15, 0.2) is 6.10 Å². The Bertz CT molecular complexity index is 968. The van der Waals surface area contributed by atoms with Gasteiger partial charge in [-0.15, -0.1) is 0 Å². The van der Waals surface area contributed by atoms with Gasteiger partial charge in [-0.25, -0.2) is 9.59 Å². The second kappa shape index (κ2) is 6.03. The number of esters is 1. The molecule has 0 fully saturated rings. The molecule has 1 aromatic carbocycles. The van der Waals surface area contributed by atoms with Gasteiger partial charge >= 0.3 is 11.7 Å². The van der Waals surface area contributed by atoms with E-state index in [2.05, 4.69) is 20.4 Å². The standard InChI is InChI=1S/C15H14N4O5/c1-7-5-12(24-19-7)14(21)23-8(2)13(20)16-9-3-4-10-11(6-9)18-15(22)17-10/h3-6,8H,1-2H3,(H,16,20)(H2,17,18,22)/t8-/m0/s1. The van der Waals surface area contributed by atoms with Crippen LogP contribution in [0.25, 0.3) is 11.0 Å². The third-order valence-corrected chi connectivity index (χ3v) is 3.27. The first-order chi connectivity index (χ1) is 11.4. The number of nitrogens with zero attached hydrogens (tertiary/aromatic N) is 1. The van der Waals surface area contributed by atoms with Gasteiger partial charge in [0.2, 0.25) is 5.76 Å². The van der Waals surface area contributed by atoms with Crippen LogP contribution in [0.3, 0.4) is 0 Å². The zero-order chi connectivity index (χ0) is 17.3. The van der Waals surface area contributed by atoms with E-state index in [-0.39, 0.29) is 11.4 Å². The Kier molecular flexibility index (Phi) is 3.90. The van der Waals surface area contributed by atoms with Crippen molar-refractivity contribution in [3.63, 3.8) is 0 Å². The fourth-order valence-corrected chi connectivity index (χ4v) is 2.09. The maximum Gasteiger partial charge on any atom is 0.377 e. The van der Waals surface area contributed by atoms with Crippen molar-refractivity contribution in [3.8, 4) is 0 Å². The van der Waals surface area contributed by atoms with Crippen LogP contribution in [0.15, 0.2) is 33.6 Å². The molecule has 1 atom stereocenters. The molecule has 0 bridgehead atoms. The predicted octanol–water partition coefficient (Wildman–Crippen LogP) is 1.34. The first kappa shape index (κ1) is 15.5. The number of aromatic nitrogens is 3. The number of ether oxygens (including phenoxy) is 1. The van der Waals surface area contributed by atoms with E-state index >= 15 is 0 Å². The van der Waals surface area contributed by atoms with Crippen molar-refractivity contribution in [3.05, 3.63) is 46.2 Å². The Hall–Kier alpha value is -3.36. The molecule has 3 aromatic rings. The highest BCUT2D eigenvalue weighted by molar-refractivity contribution is 5.97. The number of carbonyl (C=O) groups is 2. The molecule has 0 spiro atoms. The lowest BCUT2D eigenvalue weighted by atomic mass is 10.2. The molecule has 0 radical (unpaired) electrons. The van der Waals surface area contributed by atoms with E-state index in [1.165, 1.54) is 13.0 Å². The molecule has 9 nitrogen and oxygen atoms in total. The van der Waals surface area contributed by atoms with Gasteiger partial charge in [-0.3, -0.25) is 4.79 Å². The van der Waals surface area contributed by atoms with Crippen molar-refractivity contribution in [2.75, 3.05) is 5.32 Å². The molecule has 124 valence electrons. The van der Waals surface area contributed by atoms with Gasteiger partial charge in [0.25, 0.3) is 5.91 Å². The van der Waals surface area contributed by atoms with Crippen LogP contribution in [0.5, 0.6) is 0 Å². The topological polar surface area (TPSA) is 130 Å². The fourth-order valence-electron chi connectivity index (χ4n) is 2.09. The number of fused-ring (bicyclic) bond motifs is 1. The smallest absolute Gasteiger partial charge is 0.377 e. The number of aryl methyl sites for hydroxylation is 1. The van der Waals surface area contributed by atoms with Crippen LogP contribution in [-0.2, 0) is 9.53 Å².